The number of carbonyl (C=O) groups excluding carboxylic acids is 4. The van der Waals surface area contributed by atoms with Gasteiger partial charge in [-0.15, -0.1) is 0 Å². The minimum absolute atomic E-state index is 0.0944. The highest BCUT2D eigenvalue weighted by Gasteiger charge is 2.37. The molecule has 3 N–H and O–H groups in total. The highest BCUT2D eigenvalue weighted by molar-refractivity contribution is 6.16. The van der Waals surface area contributed by atoms with E-state index >= 15 is 0 Å². The van der Waals surface area contributed by atoms with Crippen molar-refractivity contribution < 1.29 is 43.3 Å². The van der Waals surface area contributed by atoms with Crippen molar-refractivity contribution in [2.24, 2.45) is 18.9 Å². The maximum absolute atomic E-state index is 14.2. The number of rotatable bonds is 16. The standard InChI is InChI=1S/C35H51N5O9/c1-5-23(2)32(43)37-30(24-9-7-6-8-10-24)34(45)39-14-16-40(17-15-39)35(46)31-29(26-12-11-25(47-4)21-27(26)38(31)3)33(44)36-13-18-48-19-20-49-22-28(41)42/h11-12,21,23-24,30H,5-10,13-20,22H2,1-4H3,(H,36,44)(H,37,43)(H,41,42)/t23-,30+/m1/s1. The van der Waals surface area contributed by atoms with Gasteiger partial charge in [0.2, 0.25) is 11.8 Å². The Morgan fingerprint density at radius 3 is 2.29 bits per heavy atom. The SMILES string of the molecule is CC[C@@H](C)C(=O)N[C@H](C(=O)N1CCN(C(=O)c2c(C(=O)NCCOCCOCC(=O)O)c3ccc(OC)cc3n2C)CC1)C1CCCCC1. The van der Waals surface area contributed by atoms with Crippen molar-refractivity contribution in [3.8, 4) is 5.75 Å². The first kappa shape index (κ1) is 37.6. The van der Waals surface area contributed by atoms with E-state index in [0.717, 1.165) is 32.1 Å². The molecule has 1 aliphatic heterocycles. The summed E-state index contributed by atoms with van der Waals surface area (Å²) in [6, 6.07) is 4.69. The lowest BCUT2D eigenvalue weighted by atomic mass is 9.83. The number of amides is 4. The number of aromatic nitrogens is 1. The number of benzene rings is 1. The van der Waals surface area contributed by atoms with Crippen molar-refractivity contribution in [3.63, 3.8) is 0 Å². The zero-order valence-electron chi connectivity index (χ0n) is 29.1. The summed E-state index contributed by atoms with van der Waals surface area (Å²) in [5.41, 5.74) is 1.11. The van der Waals surface area contributed by atoms with Crippen molar-refractivity contribution in [1.29, 1.82) is 0 Å². The molecular formula is C35H51N5O9. The van der Waals surface area contributed by atoms with Crippen LogP contribution in [0.5, 0.6) is 5.75 Å². The number of aryl methyl sites for hydroxylation is 1. The summed E-state index contributed by atoms with van der Waals surface area (Å²) >= 11 is 0. The van der Waals surface area contributed by atoms with Crippen LogP contribution in [0.3, 0.4) is 0 Å². The van der Waals surface area contributed by atoms with Gasteiger partial charge in [0, 0.05) is 57.1 Å². The fourth-order valence-corrected chi connectivity index (χ4v) is 6.53. The number of hydrogen-bond acceptors (Lipinski definition) is 8. The molecule has 14 heteroatoms. The van der Waals surface area contributed by atoms with Crippen molar-refractivity contribution in [3.05, 3.63) is 29.5 Å². The number of carboxylic acid groups (broad SMARTS) is 1. The second-order valence-corrected chi connectivity index (χ2v) is 12.8. The molecule has 1 aromatic carbocycles. The third-order valence-corrected chi connectivity index (χ3v) is 9.59. The van der Waals surface area contributed by atoms with Crippen LogP contribution >= 0.6 is 0 Å². The van der Waals surface area contributed by atoms with Gasteiger partial charge in [-0.25, -0.2) is 4.79 Å². The smallest absolute Gasteiger partial charge is 0.329 e. The third-order valence-electron chi connectivity index (χ3n) is 9.59. The lowest BCUT2D eigenvalue weighted by molar-refractivity contribution is -0.142. The van der Waals surface area contributed by atoms with Crippen LogP contribution in [0, 0.1) is 11.8 Å². The Bertz CT molecular complexity index is 1480. The van der Waals surface area contributed by atoms with Gasteiger partial charge in [-0.2, -0.15) is 0 Å². The molecule has 2 atom stereocenters. The zero-order valence-corrected chi connectivity index (χ0v) is 29.1. The van der Waals surface area contributed by atoms with Crippen LogP contribution < -0.4 is 15.4 Å². The topological polar surface area (TPSA) is 169 Å². The molecule has 2 heterocycles. The van der Waals surface area contributed by atoms with Gasteiger partial charge in [-0.3, -0.25) is 19.2 Å². The molecule has 1 aromatic heterocycles. The van der Waals surface area contributed by atoms with Gasteiger partial charge in [0.25, 0.3) is 11.8 Å². The molecule has 0 radical (unpaired) electrons. The second kappa shape index (κ2) is 18.0. The molecule has 49 heavy (non-hydrogen) atoms. The van der Waals surface area contributed by atoms with Crippen molar-refractivity contribution >= 4 is 40.5 Å². The van der Waals surface area contributed by atoms with Gasteiger partial charge in [0.05, 0.1) is 38.0 Å². The van der Waals surface area contributed by atoms with Crippen molar-refractivity contribution in [2.45, 2.75) is 58.4 Å². The number of methoxy groups -OCH3 is 1. The van der Waals surface area contributed by atoms with E-state index in [1.165, 1.54) is 0 Å². The molecule has 1 aliphatic carbocycles. The fraction of sp³-hybridized carbons (Fsp3) is 0.629. The molecule has 4 amide bonds. The number of piperazine rings is 1. The van der Waals surface area contributed by atoms with E-state index in [1.54, 1.807) is 46.7 Å². The molecule has 0 unspecified atom stereocenters. The number of nitrogens with one attached hydrogen (secondary N) is 2. The second-order valence-electron chi connectivity index (χ2n) is 12.8. The molecule has 4 rings (SSSR count). The van der Waals surface area contributed by atoms with E-state index in [9.17, 15) is 24.0 Å². The van der Waals surface area contributed by atoms with Crippen LogP contribution in [0.1, 0.15) is 73.2 Å². The normalized spacial score (nSPS) is 16.7. The molecule has 14 nitrogen and oxygen atoms in total. The van der Waals surface area contributed by atoms with Gasteiger partial charge in [-0.05, 0) is 37.3 Å². The fourth-order valence-electron chi connectivity index (χ4n) is 6.53. The van der Waals surface area contributed by atoms with Crippen LogP contribution in [0.15, 0.2) is 18.2 Å². The molecule has 2 aliphatic rings. The lowest BCUT2D eigenvalue weighted by Gasteiger charge is -2.39. The summed E-state index contributed by atoms with van der Waals surface area (Å²) in [6.07, 6.45) is 5.72. The Labute approximate surface area is 287 Å². The van der Waals surface area contributed by atoms with E-state index in [-0.39, 0.29) is 80.3 Å². The van der Waals surface area contributed by atoms with E-state index in [0.29, 0.717) is 36.2 Å². The van der Waals surface area contributed by atoms with E-state index in [2.05, 4.69) is 10.6 Å². The van der Waals surface area contributed by atoms with Gasteiger partial charge >= 0.3 is 5.97 Å². The van der Waals surface area contributed by atoms with Crippen LogP contribution in [-0.2, 0) is 30.9 Å². The molecule has 270 valence electrons. The summed E-state index contributed by atoms with van der Waals surface area (Å²) in [5.74, 6) is -1.53. The lowest BCUT2D eigenvalue weighted by Crippen LogP contribution is -2.58. The third kappa shape index (κ3) is 9.50. The maximum Gasteiger partial charge on any atom is 0.329 e. The first-order chi connectivity index (χ1) is 23.6. The highest BCUT2D eigenvalue weighted by atomic mass is 16.5. The minimum Gasteiger partial charge on any atom is -0.497 e. The Kier molecular flexibility index (Phi) is 13.8. The summed E-state index contributed by atoms with van der Waals surface area (Å²) < 4.78 is 17.5. The number of fused-ring (bicyclic) bond motifs is 1. The summed E-state index contributed by atoms with van der Waals surface area (Å²) in [6.45, 7) is 5.23. The number of nitrogens with zero attached hydrogens (tertiary/aromatic N) is 3. The minimum atomic E-state index is -1.06. The van der Waals surface area contributed by atoms with Crippen LogP contribution in [0.4, 0.5) is 0 Å². The predicted molar refractivity (Wildman–Crippen MR) is 182 cm³/mol. The first-order valence-corrected chi connectivity index (χ1v) is 17.3. The summed E-state index contributed by atoms with van der Waals surface area (Å²) in [4.78, 5) is 68.5. The summed E-state index contributed by atoms with van der Waals surface area (Å²) in [7, 11) is 3.28. The summed E-state index contributed by atoms with van der Waals surface area (Å²) in [5, 5.41) is 15.1. The average Bonchev–Trinajstić information content (AvgIpc) is 3.41. The quantitative estimate of drug-likeness (QED) is 0.225. The molecule has 2 aromatic rings. The van der Waals surface area contributed by atoms with Crippen LogP contribution in [-0.4, -0.2) is 121 Å². The number of ether oxygens (including phenoxy) is 3. The molecule has 0 bridgehead atoms. The Hall–Kier alpha value is -4.17. The van der Waals surface area contributed by atoms with Gasteiger partial charge in [0.15, 0.2) is 0 Å². The Balaban J connectivity index is 1.46. The molecule has 1 saturated carbocycles. The zero-order chi connectivity index (χ0) is 35.5. The van der Waals surface area contributed by atoms with Crippen molar-refractivity contribution in [2.75, 3.05) is 66.3 Å². The monoisotopic (exact) mass is 685 g/mol. The number of carboxylic acids is 1. The van der Waals surface area contributed by atoms with E-state index in [1.807, 2.05) is 13.8 Å². The number of aliphatic carboxylic acids is 1. The maximum atomic E-state index is 14.2. The van der Waals surface area contributed by atoms with Gasteiger partial charge in [-0.1, -0.05) is 33.1 Å². The van der Waals surface area contributed by atoms with E-state index in [4.69, 9.17) is 19.3 Å². The Morgan fingerprint density at radius 2 is 1.63 bits per heavy atom. The predicted octanol–water partition coefficient (Wildman–Crippen LogP) is 2.43. The van der Waals surface area contributed by atoms with Crippen molar-refractivity contribution in [1.82, 2.24) is 25.0 Å². The molecule has 1 saturated heterocycles. The number of hydrogen-bond donors (Lipinski definition) is 3. The van der Waals surface area contributed by atoms with Gasteiger partial charge < -0.3 is 44.3 Å². The average molecular weight is 686 g/mol. The van der Waals surface area contributed by atoms with Crippen LogP contribution in [0.25, 0.3) is 10.9 Å². The molecular weight excluding hydrogens is 634 g/mol. The van der Waals surface area contributed by atoms with Gasteiger partial charge in [0.1, 0.15) is 24.1 Å². The molecule has 0 spiro atoms. The highest BCUT2D eigenvalue weighted by Crippen LogP contribution is 2.31. The molecule has 2 fully saturated rings. The van der Waals surface area contributed by atoms with Crippen LogP contribution in [0.2, 0.25) is 0 Å². The Morgan fingerprint density at radius 1 is 0.959 bits per heavy atom. The largest absolute Gasteiger partial charge is 0.497 e. The number of carbonyl (C=O) groups is 5. The first-order valence-electron chi connectivity index (χ1n) is 17.3. The van der Waals surface area contributed by atoms with E-state index < -0.39 is 24.5 Å².